The van der Waals surface area contributed by atoms with E-state index in [1.165, 1.54) is 44.2 Å². The second-order valence-electron chi connectivity index (χ2n) is 6.01. The summed E-state index contributed by atoms with van der Waals surface area (Å²) in [5.74, 6) is -1.45. The molecular formula is C20H19N3O6. The van der Waals surface area contributed by atoms with Crippen molar-refractivity contribution in [2.75, 3.05) is 10.6 Å². The van der Waals surface area contributed by atoms with Gasteiger partial charge in [-0.3, -0.25) is 19.7 Å². The number of nitrogens with one attached hydrogen (secondary N) is 2. The Labute approximate surface area is 166 Å². The molecule has 0 spiro atoms. The van der Waals surface area contributed by atoms with Gasteiger partial charge in [-0.1, -0.05) is 0 Å². The zero-order chi connectivity index (χ0) is 21.4. The van der Waals surface area contributed by atoms with Crippen molar-refractivity contribution in [2.45, 2.75) is 20.0 Å². The highest BCUT2D eigenvalue weighted by atomic mass is 16.6. The Morgan fingerprint density at radius 1 is 1.00 bits per heavy atom. The van der Waals surface area contributed by atoms with Crippen molar-refractivity contribution in [3.8, 4) is 0 Å². The third kappa shape index (κ3) is 6.90. The number of hydrogen-bond donors (Lipinski definition) is 2. The van der Waals surface area contributed by atoms with E-state index in [0.717, 1.165) is 6.08 Å². The second kappa shape index (κ2) is 9.79. The van der Waals surface area contributed by atoms with Crippen molar-refractivity contribution < 1.29 is 24.0 Å². The number of amides is 2. The number of nitro groups is 1. The van der Waals surface area contributed by atoms with Crippen LogP contribution in [0.5, 0.6) is 0 Å². The van der Waals surface area contributed by atoms with Crippen molar-refractivity contribution in [2.24, 2.45) is 0 Å². The topological polar surface area (TPSA) is 128 Å². The van der Waals surface area contributed by atoms with Crippen LogP contribution in [-0.2, 0) is 19.1 Å². The molecule has 0 aromatic heterocycles. The molecule has 29 heavy (non-hydrogen) atoms. The zero-order valence-electron chi connectivity index (χ0n) is 15.7. The maximum Gasteiger partial charge on any atom is 0.331 e. The molecule has 0 heterocycles. The number of carbonyl (C=O) groups is 3. The van der Waals surface area contributed by atoms with E-state index in [1.54, 1.807) is 24.3 Å². The lowest BCUT2D eigenvalue weighted by Gasteiger charge is -2.12. The first kappa shape index (κ1) is 21.3. The summed E-state index contributed by atoms with van der Waals surface area (Å²) in [6.07, 6.45) is 1.52. The second-order valence-corrected chi connectivity index (χ2v) is 6.01. The van der Waals surface area contributed by atoms with Crippen LogP contribution in [0.25, 0.3) is 6.08 Å². The molecule has 2 N–H and O–H groups in total. The highest BCUT2D eigenvalue weighted by Gasteiger charge is 2.16. The number of hydrogen-bond acceptors (Lipinski definition) is 6. The average Bonchev–Trinajstić information content (AvgIpc) is 2.67. The first-order valence-electron chi connectivity index (χ1n) is 8.56. The number of anilines is 2. The average molecular weight is 397 g/mol. The quantitative estimate of drug-likeness (QED) is 0.320. The summed E-state index contributed by atoms with van der Waals surface area (Å²) in [7, 11) is 0. The number of nitrogens with zero attached hydrogens (tertiary/aromatic N) is 1. The lowest BCUT2D eigenvalue weighted by Crippen LogP contribution is -2.29. The van der Waals surface area contributed by atoms with Gasteiger partial charge in [-0.15, -0.1) is 0 Å². The summed E-state index contributed by atoms with van der Waals surface area (Å²) in [5, 5.41) is 15.8. The highest BCUT2D eigenvalue weighted by Crippen LogP contribution is 2.15. The monoisotopic (exact) mass is 397 g/mol. The van der Waals surface area contributed by atoms with Gasteiger partial charge < -0.3 is 15.4 Å². The molecule has 0 saturated carbocycles. The molecular weight excluding hydrogens is 378 g/mol. The molecule has 9 heteroatoms. The molecule has 0 fully saturated rings. The first-order chi connectivity index (χ1) is 13.7. The Morgan fingerprint density at radius 2 is 1.55 bits per heavy atom. The summed E-state index contributed by atoms with van der Waals surface area (Å²) in [4.78, 5) is 45.1. The van der Waals surface area contributed by atoms with Crippen LogP contribution < -0.4 is 10.6 Å². The van der Waals surface area contributed by atoms with Gasteiger partial charge in [0.1, 0.15) is 0 Å². The van der Waals surface area contributed by atoms with E-state index in [4.69, 9.17) is 4.74 Å². The molecule has 1 atom stereocenters. The van der Waals surface area contributed by atoms with Gasteiger partial charge in [-0.05, 0) is 55.0 Å². The van der Waals surface area contributed by atoms with Crippen molar-refractivity contribution in [1.82, 2.24) is 0 Å². The van der Waals surface area contributed by atoms with Crippen LogP contribution in [-0.4, -0.2) is 28.8 Å². The van der Waals surface area contributed by atoms with Gasteiger partial charge >= 0.3 is 5.97 Å². The number of carbonyl (C=O) groups excluding carboxylic acids is 3. The summed E-state index contributed by atoms with van der Waals surface area (Å²) >= 11 is 0. The molecule has 9 nitrogen and oxygen atoms in total. The Balaban J connectivity index is 1.87. The van der Waals surface area contributed by atoms with Crippen LogP contribution in [0.1, 0.15) is 19.4 Å². The van der Waals surface area contributed by atoms with Crippen LogP contribution in [0.2, 0.25) is 0 Å². The summed E-state index contributed by atoms with van der Waals surface area (Å²) in [6.45, 7) is 2.82. The van der Waals surface area contributed by atoms with E-state index in [1.807, 2.05) is 0 Å². The number of esters is 1. The number of non-ortho nitro benzene ring substituents is 1. The Bertz CT molecular complexity index is 936. The van der Waals surface area contributed by atoms with Gasteiger partial charge in [0.15, 0.2) is 6.10 Å². The van der Waals surface area contributed by atoms with Gasteiger partial charge in [0.25, 0.3) is 11.6 Å². The molecule has 0 saturated heterocycles. The molecule has 0 aliphatic rings. The molecule has 0 aliphatic carbocycles. The summed E-state index contributed by atoms with van der Waals surface area (Å²) in [5.41, 5.74) is 1.59. The van der Waals surface area contributed by atoms with Crippen LogP contribution in [0.3, 0.4) is 0 Å². The maximum absolute atomic E-state index is 12.1. The highest BCUT2D eigenvalue weighted by molar-refractivity contribution is 5.97. The molecule has 1 unspecified atom stereocenters. The molecule has 150 valence electrons. The number of benzene rings is 2. The standard InChI is InChI=1S/C20H19N3O6/c1-13(20(26)22-17-8-6-16(7-9-17)21-14(2)24)29-19(25)12-5-15-3-10-18(11-4-15)23(27)28/h3-13H,1-2H3,(H,21,24)(H,22,26)/b12-5+. The molecule has 2 aromatic carbocycles. The minimum absolute atomic E-state index is 0.0554. The van der Waals surface area contributed by atoms with Crippen LogP contribution in [0.4, 0.5) is 17.1 Å². The minimum Gasteiger partial charge on any atom is -0.449 e. The molecule has 0 radical (unpaired) electrons. The SMILES string of the molecule is CC(=O)Nc1ccc(NC(=O)C(C)OC(=O)/C=C/c2ccc([N+](=O)[O-])cc2)cc1. The van der Waals surface area contributed by atoms with E-state index in [9.17, 15) is 24.5 Å². The fourth-order valence-electron chi connectivity index (χ4n) is 2.22. The van der Waals surface area contributed by atoms with Gasteiger partial charge in [-0.25, -0.2) is 4.79 Å². The van der Waals surface area contributed by atoms with E-state index >= 15 is 0 Å². The predicted octanol–water partition coefficient (Wildman–Crippen LogP) is 3.14. The lowest BCUT2D eigenvalue weighted by atomic mass is 10.2. The molecule has 2 rings (SSSR count). The molecule has 2 amide bonds. The van der Waals surface area contributed by atoms with Crippen molar-refractivity contribution in [1.29, 1.82) is 0 Å². The minimum atomic E-state index is -1.04. The molecule has 2 aromatic rings. The fourth-order valence-corrected chi connectivity index (χ4v) is 2.22. The van der Waals surface area contributed by atoms with Crippen LogP contribution in [0.15, 0.2) is 54.6 Å². The van der Waals surface area contributed by atoms with Crippen molar-refractivity contribution >= 4 is 40.9 Å². The largest absolute Gasteiger partial charge is 0.449 e. The Morgan fingerprint density at radius 3 is 2.07 bits per heavy atom. The van der Waals surface area contributed by atoms with Gasteiger partial charge in [0.05, 0.1) is 4.92 Å². The number of nitro benzene ring substituents is 1. The van der Waals surface area contributed by atoms with Gasteiger partial charge in [-0.2, -0.15) is 0 Å². The third-order valence-corrected chi connectivity index (χ3v) is 3.65. The summed E-state index contributed by atoms with van der Waals surface area (Å²) in [6, 6.07) is 12.1. The van der Waals surface area contributed by atoms with Crippen molar-refractivity contribution in [3.05, 3.63) is 70.3 Å². The van der Waals surface area contributed by atoms with E-state index in [2.05, 4.69) is 10.6 Å². The number of rotatable bonds is 7. The lowest BCUT2D eigenvalue weighted by molar-refractivity contribution is -0.384. The smallest absolute Gasteiger partial charge is 0.331 e. The van der Waals surface area contributed by atoms with Crippen LogP contribution >= 0.6 is 0 Å². The Hall–Kier alpha value is -4.01. The fraction of sp³-hybridized carbons (Fsp3) is 0.150. The van der Waals surface area contributed by atoms with Crippen LogP contribution in [0, 0.1) is 10.1 Å². The predicted molar refractivity (Wildman–Crippen MR) is 107 cm³/mol. The normalized spacial score (nSPS) is 11.5. The van der Waals surface area contributed by atoms with E-state index in [-0.39, 0.29) is 11.6 Å². The van der Waals surface area contributed by atoms with E-state index < -0.39 is 22.9 Å². The van der Waals surface area contributed by atoms with Gasteiger partial charge in [0.2, 0.25) is 5.91 Å². The molecule has 0 aliphatic heterocycles. The number of ether oxygens (including phenoxy) is 1. The Kier molecular flexibility index (Phi) is 7.19. The zero-order valence-corrected chi connectivity index (χ0v) is 15.7. The molecule has 0 bridgehead atoms. The maximum atomic E-state index is 12.1. The van der Waals surface area contributed by atoms with E-state index in [0.29, 0.717) is 16.9 Å². The van der Waals surface area contributed by atoms with Crippen molar-refractivity contribution in [3.63, 3.8) is 0 Å². The van der Waals surface area contributed by atoms with Gasteiger partial charge in [0, 0.05) is 36.5 Å². The third-order valence-electron chi connectivity index (χ3n) is 3.65. The summed E-state index contributed by atoms with van der Waals surface area (Å²) < 4.78 is 5.04. The first-order valence-corrected chi connectivity index (χ1v) is 8.56.